The molecule has 0 aliphatic carbocycles. The predicted octanol–water partition coefficient (Wildman–Crippen LogP) is 2.74. The van der Waals surface area contributed by atoms with Gasteiger partial charge in [-0.2, -0.15) is 20.2 Å². The lowest BCUT2D eigenvalue weighted by Gasteiger charge is -2.15. The first kappa shape index (κ1) is 13.6. The van der Waals surface area contributed by atoms with Gasteiger partial charge in [-0.15, -0.1) is 0 Å². The molecule has 1 saturated heterocycles. The maximum absolute atomic E-state index is 8.91. The first-order valence-electron chi connectivity index (χ1n) is 6.68. The van der Waals surface area contributed by atoms with Gasteiger partial charge in [0.1, 0.15) is 0 Å². The maximum atomic E-state index is 8.91. The molecular weight excluding hydrogens is 288 g/mol. The van der Waals surface area contributed by atoms with Crippen LogP contribution >= 0.6 is 11.6 Å². The number of nitriles is 1. The maximum Gasteiger partial charge on any atom is 0.233 e. The van der Waals surface area contributed by atoms with Crippen molar-refractivity contribution in [3.63, 3.8) is 0 Å². The summed E-state index contributed by atoms with van der Waals surface area (Å²) >= 11 is 5.97. The lowest BCUT2D eigenvalue weighted by atomic mass is 10.2. The second-order valence-electron chi connectivity index (χ2n) is 4.74. The van der Waals surface area contributed by atoms with Gasteiger partial charge in [0.15, 0.2) is 0 Å². The van der Waals surface area contributed by atoms with Gasteiger partial charge < -0.3 is 10.2 Å². The Hall–Kier alpha value is -2.39. The summed E-state index contributed by atoms with van der Waals surface area (Å²) in [6, 6.07) is 9.20. The Kier molecular flexibility index (Phi) is 3.84. The molecule has 21 heavy (non-hydrogen) atoms. The molecule has 3 rings (SSSR count). The smallest absolute Gasteiger partial charge is 0.233 e. The first-order valence-corrected chi connectivity index (χ1v) is 7.06. The van der Waals surface area contributed by atoms with Crippen LogP contribution in [0.1, 0.15) is 18.4 Å². The molecular formula is C14H13ClN6. The second-order valence-corrected chi connectivity index (χ2v) is 5.08. The molecule has 6 nitrogen and oxygen atoms in total. The molecule has 1 aromatic heterocycles. The van der Waals surface area contributed by atoms with Crippen LogP contribution in [0, 0.1) is 11.3 Å². The molecule has 1 aromatic carbocycles. The van der Waals surface area contributed by atoms with E-state index in [1.54, 1.807) is 18.2 Å². The zero-order chi connectivity index (χ0) is 14.7. The molecule has 1 aliphatic rings. The summed E-state index contributed by atoms with van der Waals surface area (Å²) in [4.78, 5) is 14.7. The topological polar surface area (TPSA) is 77.7 Å². The lowest BCUT2D eigenvalue weighted by molar-refractivity contribution is 0.883. The van der Waals surface area contributed by atoms with Crippen LogP contribution in [0.25, 0.3) is 0 Å². The van der Waals surface area contributed by atoms with Crippen molar-refractivity contribution in [1.82, 2.24) is 15.0 Å². The number of aromatic nitrogens is 3. The molecule has 1 aliphatic heterocycles. The van der Waals surface area contributed by atoms with Crippen molar-refractivity contribution in [3.05, 3.63) is 35.1 Å². The summed E-state index contributed by atoms with van der Waals surface area (Å²) in [7, 11) is 0. The normalized spacial score (nSPS) is 14.0. The number of nitrogens with one attached hydrogen (secondary N) is 1. The third kappa shape index (κ3) is 3.20. The number of nitrogens with zero attached hydrogens (tertiary/aromatic N) is 5. The number of rotatable bonds is 3. The van der Waals surface area contributed by atoms with Crippen molar-refractivity contribution < 1.29 is 0 Å². The first-order chi connectivity index (χ1) is 10.2. The average Bonchev–Trinajstić information content (AvgIpc) is 3.01. The van der Waals surface area contributed by atoms with Crippen LogP contribution in [-0.2, 0) is 0 Å². The van der Waals surface area contributed by atoms with Crippen LogP contribution in [0.15, 0.2) is 24.3 Å². The van der Waals surface area contributed by atoms with E-state index in [9.17, 15) is 0 Å². The lowest BCUT2D eigenvalue weighted by Crippen LogP contribution is -2.21. The number of halogens is 1. The predicted molar refractivity (Wildman–Crippen MR) is 80.7 cm³/mol. The third-order valence-corrected chi connectivity index (χ3v) is 3.40. The van der Waals surface area contributed by atoms with E-state index in [0.29, 0.717) is 17.5 Å². The van der Waals surface area contributed by atoms with E-state index in [0.717, 1.165) is 31.6 Å². The highest BCUT2D eigenvalue weighted by Crippen LogP contribution is 2.21. The molecule has 0 saturated carbocycles. The van der Waals surface area contributed by atoms with Crippen LogP contribution in [-0.4, -0.2) is 28.0 Å². The minimum atomic E-state index is 0.158. The second kappa shape index (κ2) is 5.94. The van der Waals surface area contributed by atoms with Crippen molar-refractivity contribution in [3.8, 4) is 6.07 Å². The van der Waals surface area contributed by atoms with Crippen LogP contribution in [0.4, 0.5) is 17.6 Å². The number of hydrogen-bond acceptors (Lipinski definition) is 6. The highest BCUT2D eigenvalue weighted by atomic mass is 35.5. The summed E-state index contributed by atoms with van der Waals surface area (Å²) in [6.45, 7) is 1.87. The SMILES string of the molecule is N#Cc1cccc(Nc2nc(Cl)nc(N3CCCC3)n2)c1. The van der Waals surface area contributed by atoms with E-state index in [2.05, 4.69) is 31.2 Å². The molecule has 0 bridgehead atoms. The number of anilines is 3. The standard InChI is InChI=1S/C14H13ClN6/c15-12-18-13(17-11-5-3-4-10(8-11)9-16)20-14(19-12)21-6-1-2-7-21/h3-5,8H,1-2,6-7H2,(H,17,18,19,20). The Morgan fingerprint density at radius 2 is 2.00 bits per heavy atom. The summed E-state index contributed by atoms with van der Waals surface area (Å²) < 4.78 is 0. The molecule has 1 fully saturated rings. The molecule has 2 heterocycles. The zero-order valence-electron chi connectivity index (χ0n) is 11.3. The number of benzene rings is 1. The van der Waals surface area contributed by atoms with Crippen molar-refractivity contribution in [1.29, 1.82) is 5.26 Å². The van der Waals surface area contributed by atoms with Gasteiger partial charge in [-0.1, -0.05) is 6.07 Å². The van der Waals surface area contributed by atoms with Gasteiger partial charge in [0.2, 0.25) is 17.2 Å². The minimum absolute atomic E-state index is 0.158. The Bertz CT molecular complexity index is 690. The van der Waals surface area contributed by atoms with Crippen molar-refractivity contribution in [2.24, 2.45) is 0 Å². The van der Waals surface area contributed by atoms with Gasteiger partial charge in [0.05, 0.1) is 11.6 Å². The molecule has 0 atom stereocenters. The largest absolute Gasteiger partial charge is 0.341 e. The van der Waals surface area contributed by atoms with E-state index >= 15 is 0 Å². The fourth-order valence-corrected chi connectivity index (χ4v) is 2.41. The van der Waals surface area contributed by atoms with Crippen LogP contribution in [0.2, 0.25) is 5.28 Å². The van der Waals surface area contributed by atoms with E-state index in [1.165, 1.54) is 0 Å². The van der Waals surface area contributed by atoms with Gasteiger partial charge in [0, 0.05) is 18.8 Å². The summed E-state index contributed by atoms with van der Waals surface area (Å²) in [6.07, 6.45) is 2.27. The van der Waals surface area contributed by atoms with Crippen LogP contribution < -0.4 is 10.2 Å². The van der Waals surface area contributed by atoms with Crippen molar-refractivity contribution >= 4 is 29.2 Å². The molecule has 7 heteroatoms. The molecule has 2 aromatic rings. The quantitative estimate of drug-likeness (QED) is 0.939. The molecule has 0 radical (unpaired) electrons. The molecule has 0 amide bonds. The highest BCUT2D eigenvalue weighted by Gasteiger charge is 2.17. The van der Waals surface area contributed by atoms with Gasteiger partial charge in [-0.05, 0) is 42.6 Å². The molecule has 0 unspecified atom stereocenters. The van der Waals surface area contributed by atoms with Crippen LogP contribution in [0.3, 0.4) is 0 Å². The van der Waals surface area contributed by atoms with E-state index in [1.807, 2.05) is 6.07 Å². The molecule has 1 N–H and O–H groups in total. The van der Waals surface area contributed by atoms with E-state index < -0.39 is 0 Å². The van der Waals surface area contributed by atoms with Gasteiger partial charge >= 0.3 is 0 Å². The minimum Gasteiger partial charge on any atom is -0.341 e. The van der Waals surface area contributed by atoms with E-state index in [-0.39, 0.29) is 5.28 Å². The Morgan fingerprint density at radius 3 is 2.76 bits per heavy atom. The number of hydrogen-bond donors (Lipinski definition) is 1. The van der Waals surface area contributed by atoms with Gasteiger partial charge in [-0.3, -0.25) is 0 Å². The van der Waals surface area contributed by atoms with E-state index in [4.69, 9.17) is 16.9 Å². The molecule has 106 valence electrons. The Balaban J connectivity index is 1.86. The third-order valence-electron chi connectivity index (χ3n) is 3.23. The average molecular weight is 301 g/mol. The summed E-state index contributed by atoms with van der Waals surface area (Å²) in [5.41, 5.74) is 1.31. The highest BCUT2D eigenvalue weighted by molar-refractivity contribution is 6.28. The Labute approximate surface area is 127 Å². The summed E-state index contributed by atoms with van der Waals surface area (Å²) in [5, 5.41) is 12.1. The zero-order valence-corrected chi connectivity index (χ0v) is 12.0. The fraction of sp³-hybridized carbons (Fsp3) is 0.286. The molecule has 0 spiro atoms. The monoisotopic (exact) mass is 300 g/mol. The fourth-order valence-electron chi connectivity index (χ4n) is 2.25. The van der Waals surface area contributed by atoms with Crippen molar-refractivity contribution in [2.75, 3.05) is 23.3 Å². The van der Waals surface area contributed by atoms with Gasteiger partial charge in [0.25, 0.3) is 0 Å². The van der Waals surface area contributed by atoms with Gasteiger partial charge in [-0.25, -0.2) is 0 Å². The van der Waals surface area contributed by atoms with Crippen molar-refractivity contribution in [2.45, 2.75) is 12.8 Å². The summed E-state index contributed by atoms with van der Waals surface area (Å²) in [5.74, 6) is 0.971. The Morgan fingerprint density at radius 1 is 1.19 bits per heavy atom. The van der Waals surface area contributed by atoms with Crippen LogP contribution in [0.5, 0.6) is 0 Å².